The third-order valence-electron chi connectivity index (χ3n) is 5.46. The van der Waals surface area contributed by atoms with Crippen molar-refractivity contribution in [3.05, 3.63) is 71.5 Å². The van der Waals surface area contributed by atoms with Crippen LogP contribution in [0.3, 0.4) is 0 Å². The fourth-order valence-corrected chi connectivity index (χ4v) is 4.88. The van der Waals surface area contributed by atoms with E-state index in [2.05, 4.69) is 57.4 Å². The standard InChI is InChI=1S/C25H28N4OS/c1-17-6-8-22(9-7-17)31-25-23(26-10-11-27-25)29-12-4-5-20(16-29)24(30)28-21-14-18(2)13-19(3)15-21/h6-11,13-15,20H,4-5,12,16H2,1-3H3,(H,28,30). The Morgan fingerprint density at radius 1 is 1.00 bits per heavy atom. The maximum atomic E-state index is 13.0. The number of benzene rings is 2. The van der Waals surface area contributed by atoms with Crippen LogP contribution in [0.5, 0.6) is 0 Å². The lowest BCUT2D eigenvalue weighted by atomic mass is 9.97. The lowest BCUT2D eigenvalue weighted by Crippen LogP contribution is -2.41. The van der Waals surface area contributed by atoms with E-state index in [0.717, 1.165) is 51.9 Å². The van der Waals surface area contributed by atoms with Gasteiger partial charge in [0, 0.05) is 36.1 Å². The van der Waals surface area contributed by atoms with Crippen molar-refractivity contribution in [3.8, 4) is 0 Å². The van der Waals surface area contributed by atoms with Crippen LogP contribution in [0.2, 0.25) is 0 Å². The van der Waals surface area contributed by atoms with Gasteiger partial charge in [-0.2, -0.15) is 0 Å². The molecule has 0 saturated carbocycles. The number of rotatable bonds is 5. The minimum Gasteiger partial charge on any atom is -0.354 e. The Kier molecular flexibility index (Phi) is 6.56. The number of carbonyl (C=O) groups excluding carboxylic acids is 1. The maximum absolute atomic E-state index is 13.0. The fraction of sp³-hybridized carbons (Fsp3) is 0.320. The number of amides is 1. The molecule has 160 valence electrons. The van der Waals surface area contributed by atoms with Gasteiger partial charge < -0.3 is 10.2 Å². The average Bonchev–Trinajstić information content (AvgIpc) is 2.75. The summed E-state index contributed by atoms with van der Waals surface area (Å²) in [5.74, 6) is 0.858. The summed E-state index contributed by atoms with van der Waals surface area (Å²) in [5, 5.41) is 3.99. The zero-order valence-electron chi connectivity index (χ0n) is 18.3. The molecule has 1 fully saturated rings. The van der Waals surface area contributed by atoms with Crippen molar-refractivity contribution in [2.45, 2.75) is 43.5 Å². The van der Waals surface area contributed by atoms with Gasteiger partial charge in [0.15, 0.2) is 5.82 Å². The second kappa shape index (κ2) is 9.52. The van der Waals surface area contributed by atoms with Gasteiger partial charge in [0.1, 0.15) is 5.03 Å². The highest BCUT2D eigenvalue weighted by molar-refractivity contribution is 7.99. The number of piperidine rings is 1. The van der Waals surface area contributed by atoms with Crippen LogP contribution in [0.25, 0.3) is 0 Å². The van der Waals surface area contributed by atoms with Crippen molar-refractivity contribution in [2.24, 2.45) is 5.92 Å². The van der Waals surface area contributed by atoms with Gasteiger partial charge in [-0.25, -0.2) is 9.97 Å². The second-order valence-electron chi connectivity index (χ2n) is 8.25. The van der Waals surface area contributed by atoms with Crippen molar-refractivity contribution in [1.29, 1.82) is 0 Å². The van der Waals surface area contributed by atoms with Crippen LogP contribution < -0.4 is 10.2 Å². The first-order chi connectivity index (χ1) is 15.0. The van der Waals surface area contributed by atoms with Gasteiger partial charge in [-0.05, 0) is 69.0 Å². The zero-order chi connectivity index (χ0) is 21.8. The molecule has 4 rings (SSSR count). The van der Waals surface area contributed by atoms with Gasteiger partial charge in [0.05, 0.1) is 5.92 Å². The molecule has 1 aromatic heterocycles. The van der Waals surface area contributed by atoms with Crippen LogP contribution in [-0.2, 0) is 4.79 Å². The monoisotopic (exact) mass is 432 g/mol. The molecule has 6 heteroatoms. The van der Waals surface area contributed by atoms with Crippen LogP contribution in [0, 0.1) is 26.7 Å². The van der Waals surface area contributed by atoms with Gasteiger partial charge >= 0.3 is 0 Å². The smallest absolute Gasteiger partial charge is 0.229 e. The molecule has 0 spiro atoms. The molecule has 1 amide bonds. The molecule has 1 aliphatic rings. The zero-order valence-corrected chi connectivity index (χ0v) is 19.1. The first-order valence-electron chi connectivity index (χ1n) is 10.7. The first kappa shape index (κ1) is 21.4. The number of nitrogens with one attached hydrogen (secondary N) is 1. The number of hydrogen-bond donors (Lipinski definition) is 1. The molecule has 1 atom stereocenters. The molecule has 0 radical (unpaired) electrons. The molecule has 0 bridgehead atoms. The van der Waals surface area contributed by atoms with E-state index in [-0.39, 0.29) is 11.8 Å². The van der Waals surface area contributed by atoms with E-state index in [0.29, 0.717) is 6.54 Å². The summed E-state index contributed by atoms with van der Waals surface area (Å²) in [5.41, 5.74) is 4.41. The van der Waals surface area contributed by atoms with Gasteiger partial charge in [0.2, 0.25) is 5.91 Å². The molecule has 2 heterocycles. The summed E-state index contributed by atoms with van der Waals surface area (Å²) >= 11 is 1.62. The normalized spacial score (nSPS) is 16.2. The largest absolute Gasteiger partial charge is 0.354 e. The minimum absolute atomic E-state index is 0.0752. The summed E-state index contributed by atoms with van der Waals surface area (Å²) in [6.45, 7) is 7.71. The predicted octanol–water partition coefficient (Wildman–Crippen LogP) is 5.41. The van der Waals surface area contributed by atoms with Crippen molar-refractivity contribution in [1.82, 2.24) is 9.97 Å². The quantitative estimate of drug-likeness (QED) is 0.584. The van der Waals surface area contributed by atoms with Crippen LogP contribution >= 0.6 is 11.8 Å². The van der Waals surface area contributed by atoms with Crippen molar-refractivity contribution in [3.63, 3.8) is 0 Å². The average molecular weight is 433 g/mol. The molecule has 1 unspecified atom stereocenters. The summed E-state index contributed by atoms with van der Waals surface area (Å²) in [6.07, 6.45) is 5.30. The number of aromatic nitrogens is 2. The Bertz CT molecular complexity index is 1050. The van der Waals surface area contributed by atoms with E-state index in [1.54, 1.807) is 24.2 Å². The molecular formula is C25H28N4OS. The Balaban J connectivity index is 1.48. The van der Waals surface area contributed by atoms with E-state index in [9.17, 15) is 4.79 Å². The highest BCUT2D eigenvalue weighted by Crippen LogP contribution is 2.34. The topological polar surface area (TPSA) is 58.1 Å². The highest BCUT2D eigenvalue weighted by atomic mass is 32.2. The van der Waals surface area contributed by atoms with Crippen molar-refractivity contribution in [2.75, 3.05) is 23.3 Å². The lowest BCUT2D eigenvalue weighted by molar-refractivity contribution is -0.120. The molecule has 1 saturated heterocycles. The molecular weight excluding hydrogens is 404 g/mol. The van der Waals surface area contributed by atoms with E-state index in [4.69, 9.17) is 0 Å². The summed E-state index contributed by atoms with van der Waals surface area (Å²) < 4.78 is 0. The van der Waals surface area contributed by atoms with Crippen LogP contribution in [0.1, 0.15) is 29.5 Å². The minimum atomic E-state index is -0.0752. The number of nitrogens with zero attached hydrogens (tertiary/aromatic N) is 3. The third-order valence-corrected chi connectivity index (χ3v) is 6.45. The van der Waals surface area contributed by atoms with E-state index < -0.39 is 0 Å². The van der Waals surface area contributed by atoms with E-state index in [1.807, 2.05) is 26.0 Å². The Morgan fingerprint density at radius 3 is 2.45 bits per heavy atom. The molecule has 31 heavy (non-hydrogen) atoms. The Hall–Kier alpha value is -2.86. The van der Waals surface area contributed by atoms with Crippen LogP contribution in [-0.4, -0.2) is 29.0 Å². The maximum Gasteiger partial charge on any atom is 0.229 e. The number of carbonyl (C=O) groups is 1. The molecule has 5 nitrogen and oxygen atoms in total. The Morgan fingerprint density at radius 2 is 1.71 bits per heavy atom. The van der Waals surface area contributed by atoms with Gasteiger partial charge in [-0.1, -0.05) is 35.5 Å². The Labute approximate surface area is 188 Å². The first-order valence-corrected chi connectivity index (χ1v) is 11.5. The van der Waals surface area contributed by atoms with Crippen LogP contribution in [0.4, 0.5) is 11.5 Å². The summed E-state index contributed by atoms with van der Waals surface area (Å²) in [4.78, 5) is 25.6. The number of anilines is 2. The number of hydrogen-bond acceptors (Lipinski definition) is 5. The summed E-state index contributed by atoms with van der Waals surface area (Å²) in [6, 6.07) is 14.6. The molecule has 0 aliphatic carbocycles. The second-order valence-corrected chi connectivity index (χ2v) is 9.31. The highest BCUT2D eigenvalue weighted by Gasteiger charge is 2.28. The lowest BCUT2D eigenvalue weighted by Gasteiger charge is -2.33. The third kappa shape index (κ3) is 5.44. The van der Waals surface area contributed by atoms with Gasteiger partial charge in [0.25, 0.3) is 0 Å². The van der Waals surface area contributed by atoms with Crippen molar-refractivity contribution >= 4 is 29.2 Å². The predicted molar refractivity (Wildman–Crippen MR) is 127 cm³/mol. The van der Waals surface area contributed by atoms with Gasteiger partial charge in [-0.3, -0.25) is 4.79 Å². The summed E-state index contributed by atoms with van der Waals surface area (Å²) in [7, 11) is 0. The molecule has 1 N–H and O–H groups in total. The van der Waals surface area contributed by atoms with E-state index in [1.165, 1.54) is 5.56 Å². The fourth-order valence-electron chi connectivity index (χ4n) is 4.00. The molecule has 2 aromatic carbocycles. The van der Waals surface area contributed by atoms with Crippen LogP contribution in [0.15, 0.2) is 64.8 Å². The van der Waals surface area contributed by atoms with Crippen molar-refractivity contribution < 1.29 is 4.79 Å². The SMILES string of the molecule is Cc1ccc(Sc2nccnc2N2CCCC(C(=O)Nc3cc(C)cc(C)c3)C2)cc1. The molecule has 3 aromatic rings. The molecule has 1 aliphatic heterocycles. The van der Waals surface area contributed by atoms with E-state index >= 15 is 0 Å². The number of aryl methyl sites for hydroxylation is 3. The van der Waals surface area contributed by atoms with Gasteiger partial charge in [-0.15, -0.1) is 0 Å².